The van der Waals surface area contributed by atoms with E-state index in [1.807, 2.05) is 91.0 Å². The largest absolute Gasteiger partial charge is 0.479 e. The van der Waals surface area contributed by atoms with E-state index < -0.39 is 16.3 Å². The van der Waals surface area contributed by atoms with Crippen molar-refractivity contribution in [3.05, 3.63) is 96.6 Å². The van der Waals surface area contributed by atoms with Gasteiger partial charge in [-0.1, -0.05) is 79.6 Å². The lowest BCUT2D eigenvalue weighted by molar-refractivity contribution is -0.158. The van der Waals surface area contributed by atoms with Gasteiger partial charge in [0.05, 0.1) is 23.3 Å². The molecule has 196 valence electrons. The minimum Gasteiger partial charge on any atom is -0.479 e. The molecular formula is C30H31N3O4S. The van der Waals surface area contributed by atoms with Gasteiger partial charge in [0.2, 0.25) is 10.8 Å². The van der Waals surface area contributed by atoms with E-state index in [9.17, 15) is 19.5 Å². The van der Waals surface area contributed by atoms with Crippen LogP contribution in [-0.2, 0) is 15.0 Å². The maximum atomic E-state index is 14.2. The van der Waals surface area contributed by atoms with Crippen LogP contribution in [0.25, 0.3) is 0 Å². The average molecular weight is 530 g/mol. The van der Waals surface area contributed by atoms with Crippen molar-refractivity contribution in [2.45, 2.75) is 36.0 Å². The summed E-state index contributed by atoms with van der Waals surface area (Å²) >= 11 is 4.61. The molecule has 1 N–H and O–H groups in total. The Kier molecular flexibility index (Phi) is 7.17. The number of amides is 3. The Hall–Kier alpha value is -3.78. The molecule has 1 aliphatic heterocycles. The molecule has 0 radical (unpaired) electrons. The van der Waals surface area contributed by atoms with Gasteiger partial charge in [0.1, 0.15) is 0 Å². The third-order valence-corrected chi connectivity index (χ3v) is 8.30. The van der Waals surface area contributed by atoms with Crippen molar-refractivity contribution >= 4 is 41.9 Å². The fraction of sp³-hybridized carbons (Fsp3) is 0.300. The van der Waals surface area contributed by atoms with Crippen molar-refractivity contribution < 1.29 is 19.5 Å². The standard InChI is InChI=1S/C30H31N3O4S/c34-26(29(18-10-11-19-29)23-12-4-1-5-13-23)32-21-20-31(22-30(32,38)27(35)36)28(37)33(24-14-6-2-7-15-24)25-16-8-3-9-17-25/h1-9,12-17,38H,10-11,18-22H2,(H,35,36)/t30-/m0/s1. The van der Waals surface area contributed by atoms with Crippen LogP contribution in [0.15, 0.2) is 91.0 Å². The smallest absolute Gasteiger partial charge is 0.341 e. The number of urea groups is 1. The van der Waals surface area contributed by atoms with Crippen LogP contribution in [-0.4, -0.2) is 57.3 Å². The molecule has 3 amide bonds. The van der Waals surface area contributed by atoms with Crippen molar-refractivity contribution in [1.29, 1.82) is 0 Å². The van der Waals surface area contributed by atoms with Crippen molar-refractivity contribution in [3.63, 3.8) is 0 Å². The normalized spacial score (nSPS) is 20.7. The van der Waals surface area contributed by atoms with E-state index in [1.165, 1.54) is 9.80 Å². The number of carboxylic acid groups (broad SMARTS) is 1. The van der Waals surface area contributed by atoms with Crippen molar-refractivity contribution in [3.8, 4) is 0 Å². The van der Waals surface area contributed by atoms with Gasteiger partial charge in [-0.3, -0.25) is 9.69 Å². The maximum absolute atomic E-state index is 14.2. The number of benzene rings is 3. The fourth-order valence-electron chi connectivity index (χ4n) is 5.74. The van der Waals surface area contributed by atoms with Gasteiger partial charge in [0, 0.05) is 13.1 Å². The molecule has 1 heterocycles. The SMILES string of the molecule is O=C(N1CCN(C(=O)C2(c3ccccc3)CCCC2)[C@@](S)(C(=O)O)C1)N(c1ccccc1)c1ccccc1. The van der Waals surface area contributed by atoms with Crippen LogP contribution in [0.3, 0.4) is 0 Å². The van der Waals surface area contributed by atoms with E-state index in [4.69, 9.17) is 0 Å². The first-order valence-electron chi connectivity index (χ1n) is 12.9. The van der Waals surface area contributed by atoms with E-state index in [0.717, 1.165) is 18.4 Å². The van der Waals surface area contributed by atoms with Crippen LogP contribution < -0.4 is 4.90 Å². The third kappa shape index (κ3) is 4.53. The van der Waals surface area contributed by atoms with Gasteiger partial charge < -0.3 is 14.9 Å². The Morgan fingerprint density at radius 2 is 1.26 bits per heavy atom. The fourth-order valence-corrected chi connectivity index (χ4v) is 6.10. The Morgan fingerprint density at radius 3 is 1.76 bits per heavy atom. The number of anilines is 2. The lowest BCUT2D eigenvalue weighted by atomic mass is 9.77. The molecule has 38 heavy (non-hydrogen) atoms. The van der Waals surface area contributed by atoms with Gasteiger partial charge in [-0.25, -0.2) is 9.59 Å². The second-order valence-electron chi connectivity index (χ2n) is 9.94. The quantitative estimate of drug-likeness (QED) is 0.439. The van der Waals surface area contributed by atoms with Crippen molar-refractivity contribution in [1.82, 2.24) is 9.80 Å². The number of carbonyl (C=O) groups is 3. The monoisotopic (exact) mass is 529 g/mol. The molecule has 1 aliphatic carbocycles. The summed E-state index contributed by atoms with van der Waals surface area (Å²) in [5.74, 6) is -1.48. The Balaban J connectivity index is 1.47. The minimum atomic E-state index is -1.87. The number of rotatable bonds is 5. The molecule has 0 aromatic heterocycles. The third-order valence-electron chi connectivity index (χ3n) is 7.72. The molecule has 1 atom stereocenters. The number of nitrogens with zero attached hydrogens (tertiary/aromatic N) is 3. The Labute approximate surface area is 228 Å². The van der Waals surface area contributed by atoms with Gasteiger partial charge in [0.15, 0.2) is 0 Å². The van der Waals surface area contributed by atoms with E-state index in [-0.39, 0.29) is 31.6 Å². The maximum Gasteiger partial charge on any atom is 0.341 e. The molecular weight excluding hydrogens is 498 g/mol. The molecule has 3 aromatic carbocycles. The topological polar surface area (TPSA) is 81.2 Å². The lowest BCUT2D eigenvalue weighted by Gasteiger charge is -2.48. The second-order valence-corrected chi connectivity index (χ2v) is 10.7. The predicted molar refractivity (Wildman–Crippen MR) is 150 cm³/mol. The lowest BCUT2D eigenvalue weighted by Crippen LogP contribution is -2.68. The molecule has 2 fully saturated rings. The number of aliphatic carboxylic acids is 1. The number of hydrogen-bond donors (Lipinski definition) is 2. The Bertz CT molecular complexity index is 1260. The molecule has 1 saturated carbocycles. The van der Waals surface area contributed by atoms with Crippen LogP contribution in [0, 0.1) is 0 Å². The molecule has 8 heteroatoms. The number of thiol groups is 1. The number of carbonyl (C=O) groups excluding carboxylic acids is 2. The molecule has 0 unspecified atom stereocenters. The zero-order chi connectivity index (χ0) is 26.8. The van der Waals surface area contributed by atoms with Gasteiger partial charge >= 0.3 is 12.0 Å². The number of para-hydroxylation sites is 2. The van der Waals surface area contributed by atoms with E-state index in [2.05, 4.69) is 12.6 Å². The van der Waals surface area contributed by atoms with Crippen molar-refractivity contribution in [2.75, 3.05) is 24.5 Å². The number of carboxylic acids is 1. The zero-order valence-corrected chi connectivity index (χ0v) is 22.0. The summed E-state index contributed by atoms with van der Waals surface area (Å²) < 4.78 is 0. The summed E-state index contributed by atoms with van der Waals surface area (Å²) in [5, 5.41) is 10.4. The first kappa shape index (κ1) is 25.9. The molecule has 5 rings (SSSR count). The summed E-state index contributed by atoms with van der Waals surface area (Å²) in [6, 6.07) is 27.7. The van der Waals surface area contributed by atoms with E-state index >= 15 is 0 Å². The van der Waals surface area contributed by atoms with Gasteiger partial charge in [-0.2, -0.15) is 0 Å². The van der Waals surface area contributed by atoms with Crippen molar-refractivity contribution in [2.24, 2.45) is 0 Å². The van der Waals surface area contributed by atoms with Gasteiger partial charge in [-0.15, -0.1) is 12.6 Å². The number of hydrogen-bond acceptors (Lipinski definition) is 4. The summed E-state index contributed by atoms with van der Waals surface area (Å²) in [4.78, 5) is 43.4. The highest BCUT2D eigenvalue weighted by molar-refractivity contribution is 7.82. The molecule has 1 saturated heterocycles. The second kappa shape index (κ2) is 10.5. The average Bonchev–Trinajstić information content (AvgIpc) is 3.46. The van der Waals surface area contributed by atoms with Crippen LogP contribution >= 0.6 is 12.6 Å². The summed E-state index contributed by atoms with van der Waals surface area (Å²) in [6.07, 6.45) is 3.12. The number of piperazine rings is 1. The van der Waals surface area contributed by atoms with Crippen LogP contribution in [0.2, 0.25) is 0 Å². The minimum absolute atomic E-state index is 0.0758. The van der Waals surface area contributed by atoms with Crippen LogP contribution in [0.1, 0.15) is 31.2 Å². The molecule has 0 spiro atoms. The van der Waals surface area contributed by atoms with E-state index in [0.29, 0.717) is 24.2 Å². The highest BCUT2D eigenvalue weighted by Crippen LogP contribution is 2.45. The Morgan fingerprint density at radius 1 is 0.763 bits per heavy atom. The molecule has 2 aliphatic rings. The highest BCUT2D eigenvalue weighted by Gasteiger charge is 2.55. The predicted octanol–water partition coefficient (Wildman–Crippen LogP) is 5.31. The summed E-state index contributed by atoms with van der Waals surface area (Å²) in [5.41, 5.74) is 1.45. The van der Waals surface area contributed by atoms with Crippen LogP contribution in [0.5, 0.6) is 0 Å². The highest BCUT2D eigenvalue weighted by atomic mass is 32.1. The van der Waals surface area contributed by atoms with Gasteiger partial charge in [0.25, 0.3) is 0 Å². The van der Waals surface area contributed by atoms with E-state index in [1.54, 1.807) is 4.90 Å². The van der Waals surface area contributed by atoms with Gasteiger partial charge in [-0.05, 0) is 42.7 Å². The first-order chi connectivity index (χ1) is 18.4. The van der Waals surface area contributed by atoms with Crippen LogP contribution in [0.4, 0.5) is 16.2 Å². The molecule has 0 bridgehead atoms. The summed E-state index contributed by atoms with van der Waals surface area (Å²) in [7, 11) is 0. The molecule has 3 aromatic rings. The summed E-state index contributed by atoms with van der Waals surface area (Å²) in [6.45, 7) is 0.0324. The zero-order valence-electron chi connectivity index (χ0n) is 21.1. The first-order valence-corrected chi connectivity index (χ1v) is 13.3. The molecule has 7 nitrogen and oxygen atoms in total.